The molecule has 1 aromatic rings. The van der Waals surface area contributed by atoms with Crippen molar-refractivity contribution in [3.63, 3.8) is 0 Å². The number of benzene rings is 1. The summed E-state index contributed by atoms with van der Waals surface area (Å²) in [5.41, 5.74) is 0.908. The van der Waals surface area contributed by atoms with E-state index in [1.165, 1.54) is 0 Å². The van der Waals surface area contributed by atoms with Crippen LogP contribution in [0, 0.1) is 17.3 Å². The third-order valence-corrected chi connectivity index (χ3v) is 5.04. The van der Waals surface area contributed by atoms with Crippen molar-refractivity contribution >= 4 is 0 Å². The van der Waals surface area contributed by atoms with Gasteiger partial charge in [-0.2, -0.15) is 0 Å². The first-order valence-corrected chi connectivity index (χ1v) is 8.27. The predicted molar refractivity (Wildman–Crippen MR) is 88.9 cm³/mol. The third kappa shape index (κ3) is 5.12. The van der Waals surface area contributed by atoms with Crippen molar-refractivity contribution in [3.05, 3.63) is 35.9 Å². The number of rotatable bonds is 9. The van der Waals surface area contributed by atoms with Crippen LogP contribution >= 0.6 is 0 Å². The van der Waals surface area contributed by atoms with E-state index in [4.69, 9.17) is 4.74 Å². The average Bonchev–Trinajstić information content (AvgIpc) is 2.52. The fourth-order valence-electron chi connectivity index (χ4n) is 2.85. The first-order valence-electron chi connectivity index (χ1n) is 8.27. The molecule has 0 saturated carbocycles. The van der Waals surface area contributed by atoms with Gasteiger partial charge in [-0.05, 0) is 23.8 Å². The number of aliphatic hydroxyl groups excluding tert-OH is 1. The fourth-order valence-corrected chi connectivity index (χ4v) is 2.85. The summed E-state index contributed by atoms with van der Waals surface area (Å²) in [5.74, 6) is 1.02. The summed E-state index contributed by atoms with van der Waals surface area (Å²) in [6.07, 6.45) is 2.46. The molecule has 0 radical (unpaired) electrons. The first kappa shape index (κ1) is 18.2. The van der Waals surface area contributed by atoms with Crippen molar-refractivity contribution < 1.29 is 9.84 Å². The predicted octanol–water partition coefficient (Wildman–Crippen LogP) is 5.01. The highest BCUT2D eigenvalue weighted by molar-refractivity contribution is 5.13. The largest absolute Gasteiger partial charge is 0.367 e. The van der Waals surface area contributed by atoms with Gasteiger partial charge in [0, 0.05) is 5.41 Å². The summed E-state index contributed by atoms with van der Waals surface area (Å²) in [6.45, 7) is 11.5. The molecule has 1 aromatic carbocycles. The lowest BCUT2D eigenvalue weighted by Gasteiger charge is -2.41. The lowest BCUT2D eigenvalue weighted by molar-refractivity contribution is -0.198. The molecule has 0 bridgehead atoms. The zero-order valence-corrected chi connectivity index (χ0v) is 14.3. The molecule has 1 rings (SSSR count). The summed E-state index contributed by atoms with van der Waals surface area (Å²) in [6, 6.07) is 10.0. The van der Waals surface area contributed by atoms with Gasteiger partial charge >= 0.3 is 0 Å². The second kappa shape index (κ2) is 8.55. The molecule has 0 aromatic heterocycles. The van der Waals surface area contributed by atoms with Gasteiger partial charge in [-0.15, -0.1) is 0 Å². The molecule has 2 nitrogen and oxygen atoms in total. The van der Waals surface area contributed by atoms with Gasteiger partial charge in [0.05, 0.1) is 6.61 Å². The van der Waals surface area contributed by atoms with Crippen LogP contribution in [0.4, 0.5) is 0 Å². The Bertz CT molecular complexity index is 390. The molecule has 21 heavy (non-hydrogen) atoms. The average molecular weight is 292 g/mol. The highest BCUT2D eigenvalue weighted by Gasteiger charge is 2.39. The Morgan fingerprint density at radius 1 is 1.10 bits per heavy atom. The molecular weight excluding hydrogens is 260 g/mol. The van der Waals surface area contributed by atoms with Crippen LogP contribution in [-0.2, 0) is 11.3 Å². The number of hydrogen-bond acceptors (Lipinski definition) is 2. The van der Waals surface area contributed by atoms with E-state index in [2.05, 4.69) is 34.6 Å². The standard InChI is InChI=1S/C19H32O2/c1-6-15(3)13-19(5,16(4)7-2)18(20)21-14-17-11-9-8-10-12-17/h8-12,15-16,18,20H,6-7,13-14H2,1-5H3. The smallest absolute Gasteiger partial charge is 0.160 e. The number of aliphatic hydroxyl groups is 1. The maximum Gasteiger partial charge on any atom is 0.160 e. The molecule has 0 fully saturated rings. The Morgan fingerprint density at radius 3 is 2.24 bits per heavy atom. The second-order valence-electron chi connectivity index (χ2n) is 6.68. The van der Waals surface area contributed by atoms with Crippen molar-refractivity contribution in [2.24, 2.45) is 17.3 Å². The van der Waals surface area contributed by atoms with Crippen LogP contribution in [-0.4, -0.2) is 11.4 Å². The van der Waals surface area contributed by atoms with Gasteiger partial charge in [0.25, 0.3) is 0 Å². The van der Waals surface area contributed by atoms with Gasteiger partial charge in [0.1, 0.15) is 0 Å². The van der Waals surface area contributed by atoms with Gasteiger partial charge < -0.3 is 9.84 Å². The van der Waals surface area contributed by atoms with Gasteiger partial charge in [-0.1, -0.05) is 77.8 Å². The molecule has 120 valence electrons. The summed E-state index contributed by atoms with van der Waals surface area (Å²) >= 11 is 0. The van der Waals surface area contributed by atoms with Crippen molar-refractivity contribution in [1.29, 1.82) is 0 Å². The zero-order valence-electron chi connectivity index (χ0n) is 14.3. The van der Waals surface area contributed by atoms with Crippen molar-refractivity contribution in [2.75, 3.05) is 0 Å². The Labute approximate surface area is 130 Å². The topological polar surface area (TPSA) is 29.5 Å². The van der Waals surface area contributed by atoms with E-state index >= 15 is 0 Å². The van der Waals surface area contributed by atoms with E-state index in [9.17, 15) is 5.11 Å². The lowest BCUT2D eigenvalue weighted by Crippen LogP contribution is -2.41. The van der Waals surface area contributed by atoms with E-state index in [-0.39, 0.29) is 5.41 Å². The molecule has 0 amide bonds. The summed E-state index contributed by atoms with van der Waals surface area (Å²) in [4.78, 5) is 0. The minimum absolute atomic E-state index is 0.195. The fraction of sp³-hybridized carbons (Fsp3) is 0.684. The Kier molecular flexibility index (Phi) is 7.41. The minimum atomic E-state index is -0.721. The molecule has 4 unspecified atom stereocenters. The van der Waals surface area contributed by atoms with Crippen molar-refractivity contribution in [3.8, 4) is 0 Å². The van der Waals surface area contributed by atoms with Gasteiger partial charge in [0.15, 0.2) is 6.29 Å². The monoisotopic (exact) mass is 292 g/mol. The molecule has 1 N–H and O–H groups in total. The maximum atomic E-state index is 10.7. The molecule has 4 atom stereocenters. The van der Waals surface area contributed by atoms with Crippen LogP contribution in [0.15, 0.2) is 30.3 Å². The van der Waals surface area contributed by atoms with E-state index in [1.54, 1.807) is 0 Å². The van der Waals surface area contributed by atoms with E-state index in [0.29, 0.717) is 18.4 Å². The molecule has 0 saturated heterocycles. The van der Waals surface area contributed by atoms with Crippen LogP contribution in [0.2, 0.25) is 0 Å². The highest BCUT2D eigenvalue weighted by atomic mass is 16.6. The Balaban J connectivity index is 2.73. The third-order valence-electron chi connectivity index (χ3n) is 5.04. The minimum Gasteiger partial charge on any atom is -0.367 e. The van der Waals surface area contributed by atoms with Crippen LogP contribution in [0.3, 0.4) is 0 Å². The molecule has 0 heterocycles. The van der Waals surface area contributed by atoms with E-state index in [0.717, 1.165) is 24.8 Å². The SMILES string of the molecule is CCC(C)CC(C)(C(C)CC)C(O)OCc1ccccc1. The van der Waals surface area contributed by atoms with Crippen LogP contribution in [0.5, 0.6) is 0 Å². The molecular formula is C19H32O2. The van der Waals surface area contributed by atoms with Gasteiger partial charge in [0.2, 0.25) is 0 Å². The molecule has 0 spiro atoms. The summed E-state index contributed by atoms with van der Waals surface area (Å²) < 4.78 is 5.82. The van der Waals surface area contributed by atoms with Crippen molar-refractivity contribution in [2.45, 2.75) is 66.8 Å². The number of hydrogen-bond donors (Lipinski definition) is 1. The van der Waals surface area contributed by atoms with Crippen molar-refractivity contribution in [1.82, 2.24) is 0 Å². The highest BCUT2D eigenvalue weighted by Crippen LogP contribution is 2.40. The lowest BCUT2D eigenvalue weighted by atomic mass is 9.70. The van der Waals surface area contributed by atoms with E-state index < -0.39 is 6.29 Å². The summed E-state index contributed by atoms with van der Waals surface area (Å²) in [5, 5.41) is 10.7. The normalized spacial score (nSPS) is 18.8. The van der Waals surface area contributed by atoms with Gasteiger partial charge in [-0.25, -0.2) is 0 Å². The first-order chi connectivity index (χ1) is 9.93. The van der Waals surface area contributed by atoms with Crippen LogP contribution in [0.1, 0.15) is 59.4 Å². The second-order valence-corrected chi connectivity index (χ2v) is 6.68. The Hall–Kier alpha value is -0.860. The molecule has 0 aliphatic rings. The quantitative estimate of drug-likeness (QED) is 0.648. The Morgan fingerprint density at radius 2 is 1.71 bits per heavy atom. The zero-order chi connectivity index (χ0) is 15.9. The molecule has 0 aliphatic carbocycles. The maximum absolute atomic E-state index is 10.7. The number of ether oxygens (including phenoxy) is 1. The molecule has 2 heteroatoms. The summed E-state index contributed by atoms with van der Waals surface area (Å²) in [7, 11) is 0. The van der Waals surface area contributed by atoms with E-state index in [1.807, 2.05) is 30.3 Å². The molecule has 0 aliphatic heterocycles. The van der Waals surface area contributed by atoms with Crippen LogP contribution in [0.25, 0.3) is 0 Å². The van der Waals surface area contributed by atoms with Crippen LogP contribution < -0.4 is 0 Å². The van der Waals surface area contributed by atoms with Gasteiger partial charge in [-0.3, -0.25) is 0 Å².